The first-order valence-corrected chi connectivity index (χ1v) is 11.2. The average molecular weight is 480 g/mol. The summed E-state index contributed by atoms with van der Waals surface area (Å²) in [7, 11) is 1.18. The second-order valence-electron chi connectivity index (χ2n) is 8.28. The Morgan fingerprint density at radius 2 is 1.63 bits per heavy atom. The number of hydrogen-bond donors (Lipinski definition) is 3. The molecule has 0 spiro atoms. The standard InChI is InChI=1S/C27H26FNO6/c1-34-26(32)16-10-11-21(23(28)14-16)25(31)24(30)12-13-29-27(33)35-15-22-19-8-4-2-6-17(19)18-7-3-5-9-20(18)22/h2-11,14,22,24-25,30-31H,12-13,15H2,1H3,(H,29,33). The molecule has 0 saturated heterocycles. The summed E-state index contributed by atoms with van der Waals surface area (Å²) in [6.45, 7) is 0.166. The number of ether oxygens (including phenoxy) is 2. The van der Waals surface area contributed by atoms with Crippen molar-refractivity contribution in [3.05, 3.63) is 94.8 Å². The van der Waals surface area contributed by atoms with E-state index < -0.39 is 30.1 Å². The lowest BCUT2D eigenvalue weighted by Crippen LogP contribution is -2.31. The average Bonchev–Trinajstić information content (AvgIpc) is 3.20. The van der Waals surface area contributed by atoms with Crippen LogP contribution in [-0.4, -0.2) is 48.6 Å². The first kappa shape index (κ1) is 24.4. The van der Waals surface area contributed by atoms with Gasteiger partial charge in [-0.05, 0) is 40.8 Å². The van der Waals surface area contributed by atoms with Gasteiger partial charge in [-0.25, -0.2) is 14.0 Å². The zero-order valence-electron chi connectivity index (χ0n) is 19.1. The topological polar surface area (TPSA) is 105 Å². The van der Waals surface area contributed by atoms with E-state index in [4.69, 9.17) is 4.74 Å². The maximum atomic E-state index is 14.3. The number of nitrogens with one attached hydrogen (secondary N) is 1. The molecular formula is C27H26FNO6. The van der Waals surface area contributed by atoms with E-state index in [1.165, 1.54) is 19.2 Å². The van der Waals surface area contributed by atoms with E-state index in [2.05, 4.69) is 10.1 Å². The second kappa shape index (κ2) is 10.7. The van der Waals surface area contributed by atoms with Gasteiger partial charge in [-0.15, -0.1) is 0 Å². The Morgan fingerprint density at radius 1 is 1.00 bits per heavy atom. The van der Waals surface area contributed by atoms with Crippen LogP contribution in [-0.2, 0) is 9.47 Å². The SMILES string of the molecule is COC(=O)c1ccc(C(O)C(O)CCNC(=O)OCC2c3ccccc3-c3ccccc32)c(F)c1. The van der Waals surface area contributed by atoms with Crippen LogP contribution in [0.15, 0.2) is 66.7 Å². The molecule has 0 fully saturated rings. The van der Waals surface area contributed by atoms with Gasteiger partial charge in [0, 0.05) is 18.0 Å². The Balaban J connectivity index is 1.28. The molecule has 182 valence electrons. The molecule has 0 bridgehead atoms. The maximum absolute atomic E-state index is 14.3. The zero-order chi connectivity index (χ0) is 24.9. The summed E-state index contributed by atoms with van der Waals surface area (Å²) in [5, 5.41) is 23.1. The fraction of sp³-hybridized carbons (Fsp3) is 0.259. The van der Waals surface area contributed by atoms with E-state index in [1.54, 1.807) is 0 Å². The number of benzene rings is 3. The number of amides is 1. The van der Waals surface area contributed by atoms with Gasteiger partial charge in [0.1, 0.15) is 18.5 Å². The number of esters is 1. The first-order valence-electron chi connectivity index (χ1n) is 11.2. The third-order valence-electron chi connectivity index (χ3n) is 6.16. The van der Waals surface area contributed by atoms with Gasteiger partial charge >= 0.3 is 12.1 Å². The lowest BCUT2D eigenvalue weighted by Gasteiger charge is -2.19. The second-order valence-corrected chi connectivity index (χ2v) is 8.28. The molecule has 7 nitrogen and oxygen atoms in total. The lowest BCUT2D eigenvalue weighted by molar-refractivity contribution is 0.0116. The van der Waals surface area contributed by atoms with Crippen molar-refractivity contribution >= 4 is 12.1 Å². The minimum atomic E-state index is -1.54. The number of aliphatic hydroxyl groups excluding tert-OH is 2. The van der Waals surface area contributed by atoms with Crippen LogP contribution in [0.25, 0.3) is 11.1 Å². The minimum absolute atomic E-state index is 0.00707. The Morgan fingerprint density at radius 3 is 2.23 bits per heavy atom. The van der Waals surface area contributed by atoms with E-state index in [0.717, 1.165) is 28.3 Å². The molecule has 0 radical (unpaired) electrons. The van der Waals surface area contributed by atoms with Crippen LogP contribution in [0.5, 0.6) is 0 Å². The van der Waals surface area contributed by atoms with Crippen LogP contribution < -0.4 is 5.32 Å². The monoisotopic (exact) mass is 479 g/mol. The fourth-order valence-corrected chi connectivity index (χ4v) is 4.35. The Kier molecular flexibility index (Phi) is 7.43. The number of rotatable bonds is 8. The highest BCUT2D eigenvalue weighted by Gasteiger charge is 2.29. The number of methoxy groups -OCH3 is 1. The Hall–Kier alpha value is -3.75. The maximum Gasteiger partial charge on any atom is 0.407 e. The molecule has 3 N–H and O–H groups in total. The van der Waals surface area contributed by atoms with Crippen molar-refractivity contribution in [2.75, 3.05) is 20.3 Å². The number of fused-ring (bicyclic) bond motifs is 3. The van der Waals surface area contributed by atoms with Crippen molar-refractivity contribution in [1.29, 1.82) is 0 Å². The van der Waals surface area contributed by atoms with Gasteiger partial charge in [0.15, 0.2) is 0 Å². The van der Waals surface area contributed by atoms with Crippen LogP contribution in [0.4, 0.5) is 9.18 Å². The quantitative estimate of drug-likeness (QED) is 0.423. The van der Waals surface area contributed by atoms with Gasteiger partial charge in [0.25, 0.3) is 0 Å². The molecule has 35 heavy (non-hydrogen) atoms. The molecule has 1 aliphatic carbocycles. The van der Waals surface area contributed by atoms with Gasteiger partial charge in [0.05, 0.1) is 18.8 Å². The van der Waals surface area contributed by atoms with Crippen LogP contribution >= 0.6 is 0 Å². The van der Waals surface area contributed by atoms with E-state index >= 15 is 0 Å². The highest BCUT2D eigenvalue weighted by atomic mass is 19.1. The summed E-state index contributed by atoms with van der Waals surface area (Å²) in [6, 6.07) is 19.5. The molecule has 0 saturated carbocycles. The normalized spacial score (nSPS) is 13.9. The molecule has 2 unspecified atom stereocenters. The molecule has 4 rings (SSSR count). The molecular weight excluding hydrogens is 453 g/mol. The fourth-order valence-electron chi connectivity index (χ4n) is 4.35. The third-order valence-corrected chi connectivity index (χ3v) is 6.16. The Labute approximate surface area is 202 Å². The smallest absolute Gasteiger partial charge is 0.407 e. The predicted octanol–water partition coefficient (Wildman–Crippen LogP) is 3.94. The third kappa shape index (κ3) is 5.18. The summed E-state index contributed by atoms with van der Waals surface area (Å²) < 4.78 is 24.3. The summed E-state index contributed by atoms with van der Waals surface area (Å²) in [5.74, 6) is -1.63. The van der Waals surface area contributed by atoms with E-state index in [9.17, 15) is 24.2 Å². The van der Waals surface area contributed by atoms with Gasteiger partial charge in [-0.3, -0.25) is 0 Å². The van der Waals surface area contributed by atoms with Crippen molar-refractivity contribution in [2.24, 2.45) is 0 Å². The Bertz CT molecular complexity index is 1180. The summed E-state index contributed by atoms with van der Waals surface area (Å²) in [6.07, 6.45) is -3.57. The molecule has 3 aromatic carbocycles. The van der Waals surface area contributed by atoms with E-state index in [0.29, 0.717) is 0 Å². The molecule has 0 heterocycles. The number of alkyl carbamates (subject to hydrolysis) is 1. The molecule has 0 aliphatic heterocycles. The van der Waals surface area contributed by atoms with E-state index in [1.807, 2.05) is 48.5 Å². The largest absolute Gasteiger partial charge is 0.465 e. The van der Waals surface area contributed by atoms with Crippen LogP contribution in [0.1, 0.15) is 45.5 Å². The summed E-state index contributed by atoms with van der Waals surface area (Å²) >= 11 is 0. The first-order chi connectivity index (χ1) is 16.9. The van der Waals surface area contributed by atoms with E-state index in [-0.39, 0.29) is 36.6 Å². The number of aliphatic hydroxyl groups is 2. The lowest BCUT2D eigenvalue weighted by atomic mass is 9.98. The van der Waals surface area contributed by atoms with Gasteiger partial charge in [-0.1, -0.05) is 54.6 Å². The van der Waals surface area contributed by atoms with Gasteiger partial charge in [0.2, 0.25) is 0 Å². The van der Waals surface area contributed by atoms with Gasteiger partial charge < -0.3 is 25.0 Å². The summed E-state index contributed by atoms with van der Waals surface area (Å²) in [5.41, 5.74) is 4.28. The van der Waals surface area contributed by atoms with Crippen molar-refractivity contribution in [3.8, 4) is 11.1 Å². The molecule has 3 aromatic rings. The highest BCUT2D eigenvalue weighted by Crippen LogP contribution is 2.44. The molecule has 0 aromatic heterocycles. The van der Waals surface area contributed by atoms with Gasteiger partial charge in [-0.2, -0.15) is 0 Å². The molecule has 8 heteroatoms. The van der Waals surface area contributed by atoms with Crippen LogP contribution in [0.3, 0.4) is 0 Å². The number of carbonyl (C=O) groups excluding carboxylic acids is 2. The van der Waals surface area contributed by atoms with Crippen molar-refractivity contribution in [3.63, 3.8) is 0 Å². The minimum Gasteiger partial charge on any atom is -0.465 e. The highest BCUT2D eigenvalue weighted by molar-refractivity contribution is 5.89. The summed E-state index contributed by atoms with van der Waals surface area (Å²) in [4.78, 5) is 23.7. The molecule has 1 amide bonds. The molecule has 1 aliphatic rings. The van der Waals surface area contributed by atoms with Crippen molar-refractivity contribution in [2.45, 2.75) is 24.5 Å². The number of hydrogen-bond acceptors (Lipinski definition) is 6. The number of carbonyl (C=O) groups is 2. The van der Waals surface area contributed by atoms with Crippen LogP contribution in [0.2, 0.25) is 0 Å². The van der Waals surface area contributed by atoms with Crippen molar-refractivity contribution < 1.29 is 33.7 Å². The zero-order valence-corrected chi connectivity index (χ0v) is 19.1. The molecule has 2 atom stereocenters. The van der Waals surface area contributed by atoms with Crippen molar-refractivity contribution in [1.82, 2.24) is 5.32 Å². The predicted molar refractivity (Wildman–Crippen MR) is 126 cm³/mol. The number of halogens is 1. The van der Waals surface area contributed by atoms with Crippen LogP contribution in [0, 0.1) is 5.82 Å².